The van der Waals surface area contributed by atoms with Gasteiger partial charge in [0.25, 0.3) is 0 Å². The molecular weight excluding hydrogens is 579 g/mol. The van der Waals surface area contributed by atoms with Gasteiger partial charge in [0.2, 0.25) is 0 Å². The Balaban J connectivity index is 1.19. The lowest BCUT2D eigenvalue weighted by Gasteiger charge is -2.22. The van der Waals surface area contributed by atoms with Crippen LogP contribution in [0.2, 0.25) is 0 Å². The Bertz CT molecular complexity index is 2080. The second-order valence-electron chi connectivity index (χ2n) is 11.7. The predicted octanol–water partition coefficient (Wildman–Crippen LogP) is 6.71. The monoisotopic (exact) mass is 614 g/mol. The zero-order valence-corrected chi connectivity index (χ0v) is 25.9. The summed E-state index contributed by atoms with van der Waals surface area (Å²) in [5.41, 5.74) is 8.72. The summed E-state index contributed by atoms with van der Waals surface area (Å²) in [4.78, 5) is 15.5. The number of nitrogens with zero attached hydrogens (tertiary/aromatic N) is 4. The summed E-state index contributed by atoms with van der Waals surface area (Å²) in [6.45, 7) is 4.10. The number of hydrogen-bond acceptors (Lipinski definition) is 7. The van der Waals surface area contributed by atoms with E-state index in [1.165, 1.54) is 12.1 Å². The van der Waals surface area contributed by atoms with E-state index >= 15 is 0 Å². The van der Waals surface area contributed by atoms with E-state index in [0.717, 1.165) is 62.5 Å². The first-order chi connectivity index (χ1) is 22.4. The minimum Gasteiger partial charge on any atom is -0.491 e. The van der Waals surface area contributed by atoms with E-state index in [4.69, 9.17) is 14.7 Å². The minimum atomic E-state index is -0.309. The number of imidazole rings is 1. The number of para-hydroxylation sites is 1. The lowest BCUT2D eigenvalue weighted by atomic mass is 10.0. The summed E-state index contributed by atoms with van der Waals surface area (Å²) in [5, 5.41) is 14.4. The molecular formula is C36H35FN8O. The third-order valence-electron chi connectivity index (χ3n) is 8.00. The summed E-state index contributed by atoms with van der Waals surface area (Å²) in [7, 11) is 4.02. The van der Waals surface area contributed by atoms with Crippen LogP contribution in [0.5, 0.6) is 0 Å². The number of aromatic nitrogens is 5. The molecule has 3 aromatic heterocycles. The van der Waals surface area contributed by atoms with Crippen LogP contribution in [0.1, 0.15) is 18.2 Å². The fourth-order valence-corrected chi connectivity index (χ4v) is 5.55. The fraction of sp³-hybridized carbons (Fsp3) is 0.194. The highest BCUT2D eigenvalue weighted by molar-refractivity contribution is 5.96. The summed E-state index contributed by atoms with van der Waals surface area (Å²) in [5.74, 6) is 1.11. The summed E-state index contributed by atoms with van der Waals surface area (Å²) < 4.78 is 20.9. The number of hydrogen-bond donors (Lipinski definition) is 4. The SMILES string of the molecule is CC1NC=C(c2ccc3[nH]nc(-c4nc5c(-c6cc(F)cc(NCCN(C)C)c6)cccc5[nH]4)c3n2)C=C1OCc1ccccc1. The third kappa shape index (κ3) is 6.07. The van der Waals surface area contributed by atoms with Crippen LogP contribution >= 0.6 is 0 Å². The molecule has 0 saturated carbocycles. The maximum absolute atomic E-state index is 14.7. The van der Waals surface area contributed by atoms with Crippen molar-refractivity contribution in [2.45, 2.75) is 19.6 Å². The maximum atomic E-state index is 14.7. The molecule has 9 nitrogen and oxygen atoms in total. The largest absolute Gasteiger partial charge is 0.491 e. The van der Waals surface area contributed by atoms with Crippen LogP contribution in [0.15, 0.2) is 96.9 Å². The van der Waals surface area contributed by atoms with Crippen LogP contribution in [0.25, 0.3) is 50.3 Å². The third-order valence-corrected chi connectivity index (χ3v) is 8.00. The maximum Gasteiger partial charge on any atom is 0.161 e. The van der Waals surface area contributed by atoms with E-state index in [1.54, 1.807) is 0 Å². The molecule has 1 atom stereocenters. The molecule has 232 valence electrons. The molecule has 7 rings (SSSR count). The Hall–Kier alpha value is -5.48. The normalized spacial score (nSPS) is 14.8. The molecule has 10 heteroatoms. The molecule has 0 spiro atoms. The molecule has 0 fully saturated rings. The number of halogens is 1. The molecule has 0 aliphatic carbocycles. The molecule has 0 saturated heterocycles. The molecule has 0 bridgehead atoms. The van der Waals surface area contributed by atoms with Gasteiger partial charge in [0.15, 0.2) is 11.5 Å². The van der Waals surface area contributed by atoms with E-state index in [2.05, 4.69) is 49.8 Å². The first-order valence-electron chi connectivity index (χ1n) is 15.3. The average Bonchev–Trinajstić information content (AvgIpc) is 3.68. The van der Waals surface area contributed by atoms with Crippen molar-refractivity contribution in [3.63, 3.8) is 0 Å². The molecule has 46 heavy (non-hydrogen) atoms. The number of anilines is 1. The van der Waals surface area contributed by atoms with E-state index in [0.29, 0.717) is 30.2 Å². The number of allylic oxidation sites excluding steroid dienone is 2. The number of dihydropyridines is 1. The Kier molecular flexibility index (Phi) is 7.94. The van der Waals surface area contributed by atoms with Gasteiger partial charge in [0, 0.05) is 36.1 Å². The van der Waals surface area contributed by atoms with Gasteiger partial charge in [-0.15, -0.1) is 0 Å². The molecule has 0 amide bonds. The van der Waals surface area contributed by atoms with Crippen molar-refractivity contribution in [2.75, 3.05) is 32.5 Å². The number of ether oxygens (including phenoxy) is 1. The van der Waals surface area contributed by atoms with Gasteiger partial charge in [-0.2, -0.15) is 5.10 Å². The number of nitrogens with one attached hydrogen (secondary N) is 4. The quantitative estimate of drug-likeness (QED) is 0.136. The molecule has 0 radical (unpaired) electrons. The van der Waals surface area contributed by atoms with Gasteiger partial charge < -0.3 is 25.3 Å². The molecule has 6 aromatic rings. The van der Waals surface area contributed by atoms with E-state index in [-0.39, 0.29) is 11.9 Å². The zero-order chi connectivity index (χ0) is 31.6. The first-order valence-corrected chi connectivity index (χ1v) is 15.3. The van der Waals surface area contributed by atoms with Gasteiger partial charge >= 0.3 is 0 Å². The van der Waals surface area contributed by atoms with Crippen LogP contribution in [0.3, 0.4) is 0 Å². The van der Waals surface area contributed by atoms with Crippen molar-refractivity contribution in [1.82, 2.24) is 35.4 Å². The van der Waals surface area contributed by atoms with Crippen molar-refractivity contribution < 1.29 is 9.13 Å². The van der Waals surface area contributed by atoms with E-state index in [9.17, 15) is 4.39 Å². The second kappa shape index (κ2) is 12.5. The van der Waals surface area contributed by atoms with Gasteiger partial charge in [-0.25, -0.2) is 14.4 Å². The van der Waals surface area contributed by atoms with Crippen LogP contribution < -0.4 is 10.6 Å². The van der Waals surface area contributed by atoms with Gasteiger partial charge in [-0.1, -0.05) is 42.5 Å². The van der Waals surface area contributed by atoms with Gasteiger partial charge in [0.1, 0.15) is 23.7 Å². The highest BCUT2D eigenvalue weighted by atomic mass is 19.1. The summed E-state index contributed by atoms with van der Waals surface area (Å²) >= 11 is 0. The van der Waals surface area contributed by atoms with Crippen molar-refractivity contribution in [2.24, 2.45) is 0 Å². The van der Waals surface area contributed by atoms with Crippen LogP contribution in [0, 0.1) is 5.82 Å². The lowest BCUT2D eigenvalue weighted by molar-refractivity contribution is 0.178. The van der Waals surface area contributed by atoms with Crippen molar-refractivity contribution >= 4 is 33.3 Å². The topological polar surface area (TPSA) is 107 Å². The molecule has 1 unspecified atom stereocenters. The Morgan fingerprint density at radius 3 is 2.65 bits per heavy atom. The number of pyridine rings is 1. The van der Waals surface area contributed by atoms with Crippen molar-refractivity contribution in [1.29, 1.82) is 0 Å². The average molecular weight is 615 g/mol. The highest BCUT2D eigenvalue weighted by Crippen LogP contribution is 2.33. The van der Waals surface area contributed by atoms with E-state index in [1.807, 2.05) is 81.0 Å². The number of aromatic amines is 2. The van der Waals surface area contributed by atoms with E-state index < -0.39 is 0 Å². The van der Waals surface area contributed by atoms with Crippen molar-refractivity contribution in [3.05, 3.63) is 114 Å². The number of fused-ring (bicyclic) bond motifs is 2. The Labute approximate surface area is 266 Å². The summed E-state index contributed by atoms with van der Waals surface area (Å²) in [6, 6.07) is 24.9. The smallest absolute Gasteiger partial charge is 0.161 e. The molecule has 4 N–H and O–H groups in total. The second-order valence-corrected chi connectivity index (χ2v) is 11.7. The van der Waals surface area contributed by atoms with Crippen LogP contribution in [0.4, 0.5) is 10.1 Å². The zero-order valence-electron chi connectivity index (χ0n) is 25.9. The number of rotatable bonds is 10. The standard InChI is InChI=1S/C36H35FN8O/c1-22-32(46-21-23-8-5-4-6-9-23)18-25(20-39-22)29-12-13-31-34(40-29)35(44-43-31)36-41-30-11-7-10-28(33(30)42-36)24-16-26(37)19-27(17-24)38-14-15-45(2)3/h4-13,16-20,22,38-39H,14-15,21H2,1-3H3,(H,41,42)(H,43,44). The minimum absolute atomic E-state index is 0.0356. The number of likely N-dealkylation sites (N-methyl/N-ethyl adjacent to an activating group) is 1. The number of benzene rings is 3. The molecule has 1 aliphatic heterocycles. The molecule has 3 aromatic carbocycles. The predicted molar refractivity (Wildman–Crippen MR) is 181 cm³/mol. The van der Waals surface area contributed by atoms with Crippen LogP contribution in [-0.4, -0.2) is 63.3 Å². The molecule has 1 aliphatic rings. The van der Waals surface area contributed by atoms with Crippen molar-refractivity contribution in [3.8, 4) is 22.6 Å². The lowest BCUT2D eigenvalue weighted by Crippen LogP contribution is -2.27. The Morgan fingerprint density at radius 1 is 0.935 bits per heavy atom. The van der Waals surface area contributed by atoms with Gasteiger partial charge in [-0.05, 0) is 74.6 Å². The summed E-state index contributed by atoms with van der Waals surface area (Å²) in [6.07, 6.45) is 4.00. The highest BCUT2D eigenvalue weighted by Gasteiger charge is 2.20. The first kappa shape index (κ1) is 29.2. The van der Waals surface area contributed by atoms with Gasteiger partial charge in [-0.3, -0.25) is 5.10 Å². The van der Waals surface area contributed by atoms with Gasteiger partial charge in [0.05, 0.1) is 28.3 Å². The number of H-pyrrole nitrogens is 2. The molecule has 4 heterocycles. The van der Waals surface area contributed by atoms with Crippen LogP contribution in [-0.2, 0) is 11.3 Å². The Morgan fingerprint density at radius 2 is 1.80 bits per heavy atom. The fourth-order valence-electron chi connectivity index (χ4n) is 5.55.